The van der Waals surface area contributed by atoms with Crippen LogP contribution in [0.2, 0.25) is 0 Å². The summed E-state index contributed by atoms with van der Waals surface area (Å²) < 4.78 is 0. The third kappa shape index (κ3) is 3.09. The fourth-order valence-corrected chi connectivity index (χ4v) is 0.430. The van der Waals surface area contributed by atoms with Gasteiger partial charge >= 0.3 is 6.03 Å². The lowest BCUT2D eigenvalue weighted by molar-refractivity contribution is -0.0913. The van der Waals surface area contributed by atoms with Gasteiger partial charge in [-0.25, -0.2) is 9.86 Å². The lowest BCUT2D eigenvalue weighted by Gasteiger charge is -2.13. The van der Waals surface area contributed by atoms with Crippen molar-refractivity contribution in [3.63, 3.8) is 0 Å². The van der Waals surface area contributed by atoms with Crippen molar-refractivity contribution in [3.05, 3.63) is 12.8 Å². The monoisotopic (exact) mass is 144 g/mol. The summed E-state index contributed by atoms with van der Waals surface area (Å²) in [5.41, 5.74) is 0. The second kappa shape index (κ2) is 4.81. The van der Waals surface area contributed by atoms with E-state index in [-0.39, 0.29) is 6.03 Å². The molecule has 0 spiro atoms. The average molecular weight is 144 g/mol. The summed E-state index contributed by atoms with van der Waals surface area (Å²) >= 11 is 0. The Morgan fingerprint density at radius 3 is 2.90 bits per heavy atom. The number of amides is 2. The Morgan fingerprint density at radius 2 is 2.50 bits per heavy atom. The molecule has 0 aromatic carbocycles. The number of carbonyl (C=O) groups excluding carboxylic acids is 1. The molecule has 0 aliphatic carbocycles. The van der Waals surface area contributed by atoms with E-state index in [0.29, 0.717) is 6.61 Å². The molecule has 0 bridgehead atoms. The summed E-state index contributed by atoms with van der Waals surface area (Å²) in [5.74, 6) is 0. The van der Waals surface area contributed by atoms with Gasteiger partial charge in [0, 0.05) is 7.05 Å². The van der Waals surface area contributed by atoms with Crippen LogP contribution < -0.4 is 5.32 Å². The Hall–Kier alpha value is -1.03. The van der Waals surface area contributed by atoms with Crippen molar-refractivity contribution in [1.29, 1.82) is 0 Å². The third-order valence-corrected chi connectivity index (χ3v) is 0.834. The molecule has 4 heteroatoms. The van der Waals surface area contributed by atoms with E-state index in [1.54, 1.807) is 6.92 Å². The van der Waals surface area contributed by atoms with Crippen molar-refractivity contribution in [2.45, 2.75) is 6.92 Å². The molecule has 0 aliphatic heterocycles. The number of rotatable bonds is 3. The van der Waals surface area contributed by atoms with Gasteiger partial charge in [-0.1, -0.05) is 6.58 Å². The molecule has 0 atom stereocenters. The van der Waals surface area contributed by atoms with E-state index in [1.165, 1.54) is 13.2 Å². The Balaban J connectivity index is 3.58. The minimum absolute atomic E-state index is 0.322. The first kappa shape index (κ1) is 8.97. The molecule has 0 aromatic rings. The normalized spacial score (nSPS) is 8.60. The molecule has 0 saturated heterocycles. The van der Waals surface area contributed by atoms with Gasteiger partial charge in [0.25, 0.3) is 0 Å². The van der Waals surface area contributed by atoms with E-state index < -0.39 is 0 Å². The maximum atomic E-state index is 10.8. The Labute approximate surface area is 60.4 Å². The molecule has 10 heavy (non-hydrogen) atoms. The zero-order chi connectivity index (χ0) is 7.98. The molecule has 0 aromatic heterocycles. The van der Waals surface area contributed by atoms with Gasteiger partial charge in [-0.05, 0) is 13.1 Å². The van der Waals surface area contributed by atoms with Crippen molar-refractivity contribution in [2.24, 2.45) is 0 Å². The highest BCUT2D eigenvalue weighted by Crippen LogP contribution is 1.84. The van der Waals surface area contributed by atoms with Crippen LogP contribution in [0.1, 0.15) is 6.92 Å². The zero-order valence-electron chi connectivity index (χ0n) is 6.26. The van der Waals surface area contributed by atoms with Crippen molar-refractivity contribution < 1.29 is 9.63 Å². The van der Waals surface area contributed by atoms with E-state index in [2.05, 4.69) is 11.9 Å². The molecule has 0 fully saturated rings. The van der Waals surface area contributed by atoms with Gasteiger partial charge in [0.2, 0.25) is 0 Å². The highest BCUT2D eigenvalue weighted by atomic mass is 16.7. The molecule has 0 radical (unpaired) electrons. The van der Waals surface area contributed by atoms with Crippen molar-refractivity contribution in [1.82, 2.24) is 10.4 Å². The molecule has 0 saturated carbocycles. The quantitative estimate of drug-likeness (QED) is 0.593. The molecule has 0 aliphatic rings. The van der Waals surface area contributed by atoms with Crippen LogP contribution in [0.4, 0.5) is 4.79 Å². The number of carbonyl (C=O) groups is 1. The number of hydrogen-bond donors (Lipinski definition) is 1. The fourth-order valence-electron chi connectivity index (χ4n) is 0.430. The van der Waals surface area contributed by atoms with Crippen LogP contribution >= 0.6 is 0 Å². The summed E-state index contributed by atoms with van der Waals surface area (Å²) in [4.78, 5) is 15.6. The highest BCUT2D eigenvalue weighted by molar-refractivity contribution is 5.73. The highest BCUT2D eigenvalue weighted by Gasteiger charge is 2.03. The number of hydroxylamine groups is 2. The predicted molar refractivity (Wildman–Crippen MR) is 38.1 cm³/mol. The van der Waals surface area contributed by atoms with Crippen LogP contribution in [0, 0.1) is 0 Å². The van der Waals surface area contributed by atoms with Gasteiger partial charge in [-0.15, -0.1) is 0 Å². The Bertz CT molecular complexity index is 125. The smallest absolute Gasteiger partial charge is 0.313 e. The van der Waals surface area contributed by atoms with Gasteiger partial charge in [0.05, 0.1) is 6.61 Å². The first-order valence-electron chi connectivity index (χ1n) is 3.00. The summed E-state index contributed by atoms with van der Waals surface area (Å²) in [6, 6.07) is -0.322. The van der Waals surface area contributed by atoms with Crippen LogP contribution in [-0.4, -0.2) is 24.7 Å². The molecular formula is C6H12N2O2. The van der Waals surface area contributed by atoms with Crippen LogP contribution in [0.25, 0.3) is 0 Å². The molecule has 4 nitrogen and oxygen atoms in total. The van der Waals surface area contributed by atoms with Gasteiger partial charge in [0.1, 0.15) is 0 Å². The van der Waals surface area contributed by atoms with Crippen molar-refractivity contribution in [2.75, 3.05) is 13.7 Å². The van der Waals surface area contributed by atoms with Crippen LogP contribution in [0.15, 0.2) is 12.8 Å². The first-order valence-corrected chi connectivity index (χ1v) is 3.00. The second-order valence-corrected chi connectivity index (χ2v) is 1.57. The Morgan fingerprint density at radius 1 is 1.90 bits per heavy atom. The van der Waals surface area contributed by atoms with Gasteiger partial charge in [0.15, 0.2) is 0 Å². The molecule has 1 N–H and O–H groups in total. The minimum atomic E-state index is -0.322. The SMILES string of the molecule is C=CNC(=O)N(C)OCC. The minimum Gasteiger partial charge on any atom is -0.313 e. The maximum absolute atomic E-state index is 10.8. The number of nitrogens with zero attached hydrogens (tertiary/aromatic N) is 1. The number of nitrogens with one attached hydrogen (secondary N) is 1. The fraction of sp³-hybridized carbons (Fsp3) is 0.500. The van der Waals surface area contributed by atoms with Crippen molar-refractivity contribution >= 4 is 6.03 Å². The van der Waals surface area contributed by atoms with Crippen LogP contribution in [0.5, 0.6) is 0 Å². The second-order valence-electron chi connectivity index (χ2n) is 1.57. The van der Waals surface area contributed by atoms with Crippen LogP contribution in [-0.2, 0) is 4.84 Å². The van der Waals surface area contributed by atoms with Crippen molar-refractivity contribution in [3.8, 4) is 0 Å². The number of hydrogen-bond acceptors (Lipinski definition) is 2. The van der Waals surface area contributed by atoms with Gasteiger partial charge in [-0.2, -0.15) is 0 Å². The molecule has 0 heterocycles. The summed E-state index contributed by atoms with van der Waals surface area (Å²) in [5, 5.41) is 3.47. The van der Waals surface area contributed by atoms with E-state index in [4.69, 9.17) is 4.84 Å². The zero-order valence-corrected chi connectivity index (χ0v) is 6.26. The number of urea groups is 1. The lowest BCUT2D eigenvalue weighted by atomic mass is 10.8. The third-order valence-electron chi connectivity index (χ3n) is 0.834. The van der Waals surface area contributed by atoms with E-state index in [1.807, 2.05) is 0 Å². The van der Waals surface area contributed by atoms with Gasteiger partial charge < -0.3 is 5.32 Å². The van der Waals surface area contributed by atoms with Crippen LogP contribution in [0.3, 0.4) is 0 Å². The largest absolute Gasteiger partial charge is 0.344 e. The average Bonchev–Trinajstić information content (AvgIpc) is 1.89. The predicted octanol–water partition coefficient (Wildman–Crippen LogP) is 0.723. The van der Waals surface area contributed by atoms with Gasteiger partial charge in [-0.3, -0.25) is 4.84 Å². The summed E-state index contributed by atoms with van der Waals surface area (Å²) in [6.07, 6.45) is 1.30. The first-order chi connectivity index (χ1) is 4.72. The maximum Gasteiger partial charge on any atom is 0.344 e. The topological polar surface area (TPSA) is 41.6 Å². The lowest BCUT2D eigenvalue weighted by Crippen LogP contribution is -2.34. The molecule has 2 amide bonds. The molecular weight excluding hydrogens is 132 g/mol. The van der Waals surface area contributed by atoms with E-state index in [0.717, 1.165) is 5.06 Å². The van der Waals surface area contributed by atoms with E-state index in [9.17, 15) is 4.79 Å². The standard InChI is InChI=1S/C6H12N2O2/c1-4-7-6(9)8(3)10-5-2/h4H,1,5H2,2-3H3,(H,7,9). The summed E-state index contributed by atoms with van der Waals surface area (Å²) in [6.45, 7) is 5.61. The Kier molecular flexibility index (Phi) is 4.32. The van der Waals surface area contributed by atoms with E-state index >= 15 is 0 Å². The molecule has 58 valence electrons. The summed E-state index contributed by atoms with van der Waals surface area (Å²) in [7, 11) is 1.53. The molecule has 0 unspecified atom stereocenters. The molecule has 0 rings (SSSR count).